The van der Waals surface area contributed by atoms with Crippen molar-refractivity contribution in [3.05, 3.63) is 29.8 Å². The number of hydrogen-bond donors (Lipinski definition) is 1. The summed E-state index contributed by atoms with van der Waals surface area (Å²) in [5.74, 6) is 0.545. The summed E-state index contributed by atoms with van der Waals surface area (Å²) in [6, 6.07) is 1.97. The van der Waals surface area contributed by atoms with Gasteiger partial charge in [0.05, 0.1) is 18.4 Å². The van der Waals surface area contributed by atoms with E-state index in [1.165, 1.54) is 0 Å². The van der Waals surface area contributed by atoms with Gasteiger partial charge in [0.25, 0.3) is 0 Å². The fourth-order valence-corrected chi connectivity index (χ4v) is 1.40. The highest BCUT2D eigenvalue weighted by molar-refractivity contribution is 5.23. The van der Waals surface area contributed by atoms with Crippen LogP contribution in [0.25, 0.3) is 0 Å². The van der Waals surface area contributed by atoms with Crippen molar-refractivity contribution in [3.8, 4) is 0 Å². The van der Waals surface area contributed by atoms with Gasteiger partial charge in [0.1, 0.15) is 0 Å². The van der Waals surface area contributed by atoms with Crippen LogP contribution in [0.4, 0.5) is 5.95 Å². The molecule has 5 nitrogen and oxygen atoms in total. The zero-order chi connectivity index (χ0) is 10.1. The van der Waals surface area contributed by atoms with Crippen molar-refractivity contribution in [2.24, 2.45) is 7.05 Å². The van der Waals surface area contributed by atoms with Crippen LogP contribution in [0.15, 0.2) is 18.5 Å². The lowest BCUT2D eigenvalue weighted by Crippen LogP contribution is -2.09. The van der Waals surface area contributed by atoms with Crippen LogP contribution in [-0.4, -0.2) is 19.3 Å². The quantitative estimate of drug-likeness (QED) is 0.754. The van der Waals surface area contributed by atoms with Crippen molar-refractivity contribution in [2.75, 3.05) is 5.73 Å². The Labute approximate surface area is 82.2 Å². The lowest BCUT2D eigenvalue weighted by molar-refractivity contribution is 0.663. The molecule has 2 N–H and O–H groups in total. The molecule has 14 heavy (non-hydrogen) atoms. The van der Waals surface area contributed by atoms with Crippen molar-refractivity contribution in [1.29, 1.82) is 0 Å². The van der Waals surface area contributed by atoms with Gasteiger partial charge in [0.15, 0.2) is 0 Å². The monoisotopic (exact) mass is 191 g/mol. The molecular weight excluding hydrogens is 178 g/mol. The fourth-order valence-electron chi connectivity index (χ4n) is 1.40. The van der Waals surface area contributed by atoms with Crippen molar-refractivity contribution in [1.82, 2.24) is 19.3 Å². The summed E-state index contributed by atoms with van der Waals surface area (Å²) in [7, 11) is 1.91. The third kappa shape index (κ3) is 1.37. The first-order chi connectivity index (χ1) is 6.68. The second-order valence-electron chi connectivity index (χ2n) is 3.29. The van der Waals surface area contributed by atoms with Crippen LogP contribution in [0, 0.1) is 6.92 Å². The van der Waals surface area contributed by atoms with Crippen molar-refractivity contribution in [2.45, 2.75) is 13.5 Å². The summed E-state index contributed by atoms with van der Waals surface area (Å²) < 4.78 is 3.79. The molecule has 74 valence electrons. The Balaban J connectivity index is 2.31. The van der Waals surface area contributed by atoms with Gasteiger partial charge in [-0.1, -0.05) is 0 Å². The Bertz CT molecular complexity index is 420. The van der Waals surface area contributed by atoms with Gasteiger partial charge in [-0.05, 0) is 13.0 Å². The van der Waals surface area contributed by atoms with Crippen LogP contribution in [-0.2, 0) is 13.6 Å². The topological polar surface area (TPSA) is 61.7 Å². The molecule has 0 aliphatic heterocycles. The number of aryl methyl sites for hydroxylation is 2. The lowest BCUT2D eigenvalue weighted by Gasteiger charge is -2.07. The molecule has 0 aromatic carbocycles. The molecule has 5 heteroatoms. The molecular formula is C9H13N5. The molecule has 2 aromatic rings. The molecule has 0 amide bonds. The van der Waals surface area contributed by atoms with Gasteiger partial charge in [0.2, 0.25) is 5.95 Å². The Morgan fingerprint density at radius 3 is 2.79 bits per heavy atom. The van der Waals surface area contributed by atoms with Crippen LogP contribution in [0.2, 0.25) is 0 Å². The second kappa shape index (κ2) is 3.17. The van der Waals surface area contributed by atoms with E-state index in [-0.39, 0.29) is 0 Å². The van der Waals surface area contributed by atoms with E-state index in [0.29, 0.717) is 12.5 Å². The summed E-state index contributed by atoms with van der Waals surface area (Å²) in [6.45, 7) is 2.70. The molecule has 0 aliphatic carbocycles. The van der Waals surface area contributed by atoms with Crippen LogP contribution in [0.3, 0.4) is 0 Å². The van der Waals surface area contributed by atoms with Crippen molar-refractivity contribution in [3.63, 3.8) is 0 Å². The van der Waals surface area contributed by atoms with Crippen molar-refractivity contribution >= 4 is 5.95 Å². The molecule has 0 radical (unpaired) electrons. The molecule has 0 aliphatic rings. The highest BCUT2D eigenvalue weighted by atomic mass is 15.3. The van der Waals surface area contributed by atoms with Gasteiger partial charge in [0, 0.05) is 18.9 Å². The number of imidazole rings is 1. The summed E-state index contributed by atoms with van der Waals surface area (Å²) in [5.41, 5.74) is 7.90. The molecule has 2 aromatic heterocycles. The first-order valence-corrected chi connectivity index (χ1v) is 4.43. The predicted molar refractivity (Wildman–Crippen MR) is 53.7 cm³/mol. The highest BCUT2D eigenvalue weighted by Crippen LogP contribution is 2.09. The van der Waals surface area contributed by atoms with E-state index in [2.05, 4.69) is 10.1 Å². The number of nitrogens with zero attached hydrogens (tertiary/aromatic N) is 4. The third-order valence-corrected chi connectivity index (χ3v) is 2.33. The van der Waals surface area contributed by atoms with Gasteiger partial charge in [-0.15, -0.1) is 0 Å². The van der Waals surface area contributed by atoms with Gasteiger partial charge >= 0.3 is 0 Å². The molecule has 0 unspecified atom stereocenters. The summed E-state index contributed by atoms with van der Waals surface area (Å²) in [5, 5.41) is 4.10. The molecule has 2 heterocycles. The maximum Gasteiger partial charge on any atom is 0.200 e. The Kier molecular flexibility index (Phi) is 1.99. The first kappa shape index (κ1) is 8.80. The third-order valence-electron chi connectivity index (χ3n) is 2.33. The maximum atomic E-state index is 5.73. The lowest BCUT2D eigenvalue weighted by atomic mass is 10.4. The zero-order valence-electron chi connectivity index (χ0n) is 8.31. The number of aromatic nitrogens is 4. The Morgan fingerprint density at radius 1 is 1.50 bits per heavy atom. The largest absolute Gasteiger partial charge is 0.369 e. The zero-order valence-corrected chi connectivity index (χ0v) is 8.31. The first-order valence-electron chi connectivity index (χ1n) is 4.43. The second-order valence-corrected chi connectivity index (χ2v) is 3.29. The standard InChI is InChI=1S/C9H13N5/c1-7-5-11-9(10)14(7)6-8-3-4-12-13(8)2/h3-5H,6H2,1-2H3,(H2,10,11). The van der Waals surface area contributed by atoms with Crippen LogP contribution >= 0.6 is 0 Å². The molecule has 2 rings (SSSR count). The molecule has 0 saturated carbocycles. The van der Waals surface area contributed by atoms with E-state index in [0.717, 1.165) is 11.4 Å². The van der Waals surface area contributed by atoms with E-state index in [1.807, 2.05) is 29.3 Å². The Morgan fingerprint density at radius 2 is 2.29 bits per heavy atom. The molecule has 0 saturated heterocycles. The molecule has 0 bridgehead atoms. The number of anilines is 1. The summed E-state index contributed by atoms with van der Waals surface area (Å²) in [4.78, 5) is 4.04. The molecule has 0 fully saturated rings. The van der Waals surface area contributed by atoms with E-state index in [1.54, 1.807) is 12.4 Å². The van der Waals surface area contributed by atoms with Gasteiger partial charge in [-0.25, -0.2) is 4.98 Å². The minimum atomic E-state index is 0.545. The maximum absolute atomic E-state index is 5.73. The highest BCUT2D eigenvalue weighted by Gasteiger charge is 2.05. The van der Waals surface area contributed by atoms with Gasteiger partial charge in [-0.3, -0.25) is 4.68 Å². The average Bonchev–Trinajstić information content (AvgIpc) is 2.67. The van der Waals surface area contributed by atoms with Gasteiger partial charge < -0.3 is 10.3 Å². The van der Waals surface area contributed by atoms with E-state index in [4.69, 9.17) is 5.73 Å². The minimum absolute atomic E-state index is 0.545. The number of nitrogen functional groups attached to an aromatic ring is 1. The number of hydrogen-bond acceptors (Lipinski definition) is 3. The number of nitrogens with two attached hydrogens (primary N) is 1. The SMILES string of the molecule is Cc1cnc(N)n1Cc1ccnn1C. The van der Waals surface area contributed by atoms with Crippen LogP contribution < -0.4 is 5.73 Å². The molecule has 0 atom stereocenters. The normalized spacial score (nSPS) is 10.7. The van der Waals surface area contributed by atoms with Crippen molar-refractivity contribution < 1.29 is 0 Å². The Hall–Kier alpha value is -1.78. The van der Waals surface area contributed by atoms with E-state index in [9.17, 15) is 0 Å². The predicted octanol–water partition coefficient (Wildman–Crippen LogP) is 0.556. The minimum Gasteiger partial charge on any atom is -0.369 e. The van der Waals surface area contributed by atoms with Crippen LogP contribution in [0.1, 0.15) is 11.4 Å². The summed E-state index contributed by atoms with van der Waals surface area (Å²) in [6.07, 6.45) is 3.55. The van der Waals surface area contributed by atoms with Gasteiger partial charge in [-0.2, -0.15) is 5.10 Å². The number of rotatable bonds is 2. The fraction of sp³-hybridized carbons (Fsp3) is 0.333. The summed E-state index contributed by atoms with van der Waals surface area (Å²) >= 11 is 0. The average molecular weight is 191 g/mol. The van der Waals surface area contributed by atoms with E-state index >= 15 is 0 Å². The van der Waals surface area contributed by atoms with E-state index < -0.39 is 0 Å². The smallest absolute Gasteiger partial charge is 0.200 e. The molecule has 0 spiro atoms. The van der Waals surface area contributed by atoms with Crippen LogP contribution in [0.5, 0.6) is 0 Å².